The van der Waals surface area contributed by atoms with Crippen molar-refractivity contribution < 1.29 is 4.74 Å². The Bertz CT molecular complexity index is 1040. The van der Waals surface area contributed by atoms with Gasteiger partial charge in [-0.25, -0.2) is 4.98 Å². The van der Waals surface area contributed by atoms with Gasteiger partial charge in [0.2, 0.25) is 0 Å². The molecular formula is C24H29ClN4O2. The minimum atomic E-state index is -0.203. The molecule has 1 atom stereocenters. The Morgan fingerprint density at radius 2 is 1.97 bits per heavy atom. The van der Waals surface area contributed by atoms with Crippen molar-refractivity contribution in [2.75, 3.05) is 19.7 Å². The minimum Gasteiger partial charge on any atom is -0.494 e. The van der Waals surface area contributed by atoms with E-state index < -0.39 is 0 Å². The average molecular weight is 441 g/mol. The molecule has 0 amide bonds. The Balaban J connectivity index is 0.00000272. The Labute approximate surface area is 189 Å². The number of aromatic nitrogens is 3. The van der Waals surface area contributed by atoms with E-state index in [0.717, 1.165) is 35.5 Å². The number of rotatable bonds is 7. The molecule has 2 aromatic heterocycles. The standard InChI is InChI=1S/C24H28N4O2.ClH/c1-18-7-5-14-27(18)15-6-16-30-21-11-9-20(10-12-21)22-17-24(29)28(26-19(22)2)23-8-3-4-13-25-23;/h3-4,8-13,17-18H,5-7,14-16H2,1-2H3;1H/t18-;/m1./s1. The molecule has 0 radical (unpaired) electrons. The third kappa shape index (κ3) is 5.51. The predicted octanol–water partition coefficient (Wildman–Crippen LogP) is 4.28. The van der Waals surface area contributed by atoms with E-state index >= 15 is 0 Å². The van der Waals surface area contributed by atoms with Gasteiger partial charge in [0.25, 0.3) is 5.56 Å². The number of aryl methyl sites for hydroxylation is 1. The van der Waals surface area contributed by atoms with Gasteiger partial charge in [-0.15, -0.1) is 12.4 Å². The number of benzene rings is 1. The van der Waals surface area contributed by atoms with Gasteiger partial charge in [0, 0.05) is 30.4 Å². The van der Waals surface area contributed by atoms with E-state index in [4.69, 9.17) is 4.74 Å². The summed E-state index contributed by atoms with van der Waals surface area (Å²) in [5, 5.41) is 4.45. The van der Waals surface area contributed by atoms with Gasteiger partial charge in [-0.2, -0.15) is 9.78 Å². The van der Waals surface area contributed by atoms with Gasteiger partial charge in [-0.1, -0.05) is 18.2 Å². The molecule has 164 valence electrons. The van der Waals surface area contributed by atoms with Gasteiger partial charge in [0.1, 0.15) is 5.75 Å². The van der Waals surface area contributed by atoms with Gasteiger partial charge in [0.15, 0.2) is 5.82 Å². The fraction of sp³-hybridized carbons (Fsp3) is 0.375. The molecule has 1 aliphatic rings. The van der Waals surface area contributed by atoms with Gasteiger partial charge in [-0.05, 0) is 69.5 Å². The fourth-order valence-corrected chi connectivity index (χ4v) is 3.99. The largest absolute Gasteiger partial charge is 0.494 e. The van der Waals surface area contributed by atoms with E-state index in [-0.39, 0.29) is 18.0 Å². The summed E-state index contributed by atoms with van der Waals surface area (Å²) >= 11 is 0. The minimum absolute atomic E-state index is 0. The summed E-state index contributed by atoms with van der Waals surface area (Å²) in [5.74, 6) is 1.37. The first-order valence-corrected chi connectivity index (χ1v) is 10.6. The normalized spacial score (nSPS) is 16.1. The number of halogens is 1. The van der Waals surface area contributed by atoms with Crippen LogP contribution in [0.2, 0.25) is 0 Å². The van der Waals surface area contributed by atoms with E-state index in [1.54, 1.807) is 18.3 Å². The van der Waals surface area contributed by atoms with Crippen LogP contribution in [0.4, 0.5) is 0 Å². The summed E-state index contributed by atoms with van der Waals surface area (Å²) in [7, 11) is 0. The molecule has 4 rings (SSSR count). The zero-order valence-electron chi connectivity index (χ0n) is 18.0. The van der Waals surface area contributed by atoms with E-state index in [1.807, 2.05) is 43.3 Å². The van der Waals surface area contributed by atoms with Crippen LogP contribution in [0.15, 0.2) is 59.5 Å². The highest BCUT2D eigenvalue weighted by molar-refractivity contribution is 5.85. The molecule has 0 spiro atoms. The maximum absolute atomic E-state index is 12.6. The summed E-state index contributed by atoms with van der Waals surface area (Å²) in [6.45, 7) is 7.22. The maximum Gasteiger partial charge on any atom is 0.273 e. The van der Waals surface area contributed by atoms with Gasteiger partial charge >= 0.3 is 0 Å². The maximum atomic E-state index is 12.6. The molecule has 6 nitrogen and oxygen atoms in total. The van der Waals surface area contributed by atoms with Gasteiger partial charge in [0.05, 0.1) is 12.3 Å². The summed E-state index contributed by atoms with van der Waals surface area (Å²) in [5.41, 5.74) is 2.34. The molecule has 31 heavy (non-hydrogen) atoms. The van der Waals surface area contributed by atoms with E-state index in [0.29, 0.717) is 18.5 Å². The Kier molecular flexibility index (Phi) is 7.82. The number of hydrogen-bond acceptors (Lipinski definition) is 5. The predicted molar refractivity (Wildman–Crippen MR) is 125 cm³/mol. The lowest BCUT2D eigenvalue weighted by Crippen LogP contribution is -2.28. The molecule has 1 aromatic carbocycles. The smallest absolute Gasteiger partial charge is 0.273 e. The van der Waals surface area contributed by atoms with Crippen LogP contribution in [-0.2, 0) is 0 Å². The van der Waals surface area contributed by atoms with Crippen molar-refractivity contribution in [2.45, 2.75) is 39.2 Å². The second kappa shape index (κ2) is 10.6. The van der Waals surface area contributed by atoms with Crippen LogP contribution in [0.1, 0.15) is 31.9 Å². The lowest BCUT2D eigenvalue weighted by atomic mass is 10.1. The van der Waals surface area contributed by atoms with Crippen molar-refractivity contribution in [1.82, 2.24) is 19.7 Å². The molecule has 1 saturated heterocycles. The Morgan fingerprint density at radius 3 is 2.65 bits per heavy atom. The summed E-state index contributed by atoms with van der Waals surface area (Å²) in [6, 6.07) is 15.6. The zero-order chi connectivity index (χ0) is 20.9. The number of hydrogen-bond donors (Lipinski definition) is 0. The van der Waals surface area contributed by atoms with E-state index in [1.165, 1.54) is 24.1 Å². The van der Waals surface area contributed by atoms with Gasteiger partial charge in [-0.3, -0.25) is 4.79 Å². The van der Waals surface area contributed by atoms with Crippen molar-refractivity contribution in [3.05, 3.63) is 70.8 Å². The highest BCUT2D eigenvalue weighted by Crippen LogP contribution is 2.24. The molecule has 0 unspecified atom stereocenters. The molecule has 0 N–H and O–H groups in total. The highest BCUT2D eigenvalue weighted by Gasteiger charge is 2.19. The van der Waals surface area contributed by atoms with Crippen molar-refractivity contribution in [3.8, 4) is 22.7 Å². The van der Waals surface area contributed by atoms with E-state index in [2.05, 4.69) is 21.9 Å². The molecule has 0 saturated carbocycles. The second-order valence-electron chi connectivity index (χ2n) is 7.84. The van der Waals surface area contributed by atoms with Crippen LogP contribution in [0, 0.1) is 6.92 Å². The lowest BCUT2D eigenvalue weighted by Gasteiger charge is -2.20. The van der Waals surface area contributed by atoms with Crippen LogP contribution in [0.25, 0.3) is 16.9 Å². The third-order valence-corrected chi connectivity index (χ3v) is 5.70. The Morgan fingerprint density at radius 1 is 1.16 bits per heavy atom. The van der Waals surface area contributed by atoms with Crippen LogP contribution in [-0.4, -0.2) is 45.4 Å². The first kappa shape index (κ1) is 23.0. The molecular weight excluding hydrogens is 412 g/mol. The van der Waals surface area contributed by atoms with Crippen LogP contribution in [0.5, 0.6) is 5.75 Å². The van der Waals surface area contributed by atoms with Crippen molar-refractivity contribution in [1.29, 1.82) is 0 Å². The summed E-state index contributed by atoms with van der Waals surface area (Å²) < 4.78 is 7.24. The quantitative estimate of drug-likeness (QED) is 0.513. The third-order valence-electron chi connectivity index (χ3n) is 5.70. The van der Waals surface area contributed by atoms with Crippen molar-refractivity contribution >= 4 is 12.4 Å². The molecule has 0 aliphatic carbocycles. The number of ether oxygens (including phenoxy) is 1. The second-order valence-corrected chi connectivity index (χ2v) is 7.84. The lowest BCUT2D eigenvalue weighted by molar-refractivity contribution is 0.230. The van der Waals surface area contributed by atoms with E-state index in [9.17, 15) is 4.79 Å². The fourth-order valence-electron chi connectivity index (χ4n) is 3.99. The van der Waals surface area contributed by atoms with Crippen molar-refractivity contribution in [3.63, 3.8) is 0 Å². The molecule has 3 heterocycles. The topological polar surface area (TPSA) is 60.3 Å². The molecule has 3 aromatic rings. The van der Waals surface area contributed by atoms with Crippen LogP contribution >= 0.6 is 12.4 Å². The first-order valence-electron chi connectivity index (χ1n) is 10.6. The summed E-state index contributed by atoms with van der Waals surface area (Å²) in [6.07, 6.45) is 5.30. The van der Waals surface area contributed by atoms with Crippen molar-refractivity contribution in [2.24, 2.45) is 0 Å². The molecule has 7 heteroatoms. The molecule has 1 fully saturated rings. The summed E-state index contributed by atoms with van der Waals surface area (Å²) in [4.78, 5) is 19.3. The van der Waals surface area contributed by atoms with Crippen LogP contribution < -0.4 is 10.3 Å². The number of pyridine rings is 1. The van der Waals surface area contributed by atoms with Gasteiger partial charge < -0.3 is 9.64 Å². The highest BCUT2D eigenvalue weighted by atomic mass is 35.5. The molecule has 0 bridgehead atoms. The number of nitrogens with zero attached hydrogens (tertiary/aromatic N) is 4. The van der Waals surface area contributed by atoms with Crippen LogP contribution in [0.3, 0.4) is 0 Å². The zero-order valence-corrected chi connectivity index (χ0v) is 18.8. The monoisotopic (exact) mass is 440 g/mol. The molecule has 1 aliphatic heterocycles. The number of likely N-dealkylation sites (tertiary alicyclic amines) is 1. The first-order chi connectivity index (χ1) is 14.6. The Hall–Kier alpha value is -2.70. The average Bonchev–Trinajstić information content (AvgIpc) is 3.18. The SMILES string of the molecule is Cc1nn(-c2ccccn2)c(=O)cc1-c1ccc(OCCCN2CCC[C@H]2C)cc1.Cl.